The van der Waals surface area contributed by atoms with Gasteiger partial charge in [0.05, 0.1) is 0 Å². The Labute approximate surface area is 144 Å². The van der Waals surface area contributed by atoms with Crippen molar-refractivity contribution in [2.45, 2.75) is 51.9 Å². The van der Waals surface area contributed by atoms with Gasteiger partial charge in [-0.05, 0) is 31.4 Å². The minimum atomic E-state index is 0.142. The Morgan fingerprint density at radius 2 is 1.88 bits per heavy atom. The Kier molecular flexibility index (Phi) is 5.54. The van der Waals surface area contributed by atoms with Gasteiger partial charge in [-0.15, -0.1) is 0 Å². The summed E-state index contributed by atoms with van der Waals surface area (Å²) in [5.41, 5.74) is 2.15. The number of rotatable bonds is 6. The van der Waals surface area contributed by atoms with Crippen LogP contribution in [0.15, 0.2) is 24.3 Å². The highest BCUT2D eigenvalue weighted by Gasteiger charge is 2.30. The summed E-state index contributed by atoms with van der Waals surface area (Å²) in [6.07, 6.45) is 7.40. The summed E-state index contributed by atoms with van der Waals surface area (Å²) in [6.45, 7) is 3.35. The Morgan fingerprint density at radius 1 is 1.17 bits per heavy atom. The second-order valence-corrected chi connectivity index (χ2v) is 7.40. The molecule has 1 aromatic carbocycles. The van der Waals surface area contributed by atoms with E-state index in [1.165, 1.54) is 31.2 Å². The van der Waals surface area contributed by atoms with E-state index in [4.69, 9.17) is 0 Å². The maximum absolute atomic E-state index is 12.2. The molecule has 0 bridgehead atoms. The smallest absolute Gasteiger partial charge is 0.227 e. The van der Waals surface area contributed by atoms with Crippen molar-refractivity contribution in [3.63, 3.8) is 0 Å². The van der Waals surface area contributed by atoms with Gasteiger partial charge in [0.1, 0.15) is 0 Å². The predicted molar refractivity (Wildman–Crippen MR) is 95.8 cm³/mol. The number of hydrogen-bond acceptors (Lipinski definition) is 2. The van der Waals surface area contributed by atoms with E-state index in [0.717, 1.165) is 18.0 Å². The molecule has 2 fully saturated rings. The van der Waals surface area contributed by atoms with Crippen molar-refractivity contribution < 1.29 is 9.59 Å². The van der Waals surface area contributed by atoms with Gasteiger partial charge in [-0.1, -0.05) is 43.4 Å². The summed E-state index contributed by atoms with van der Waals surface area (Å²) in [6, 6.07) is 8.05. The zero-order valence-electron chi connectivity index (χ0n) is 14.6. The number of anilines is 1. The number of benzene rings is 1. The van der Waals surface area contributed by atoms with Crippen molar-refractivity contribution in [3.8, 4) is 0 Å². The van der Waals surface area contributed by atoms with Crippen LogP contribution in [0.4, 0.5) is 5.69 Å². The molecule has 1 heterocycles. The van der Waals surface area contributed by atoms with Crippen LogP contribution < -0.4 is 10.2 Å². The molecule has 4 heteroatoms. The molecule has 1 saturated carbocycles. The van der Waals surface area contributed by atoms with Crippen molar-refractivity contribution in [2.75, 3.05) is 18.0 Å². The summed E-state index contributed by atoms with van der Waals surface area (Å²) < 4.78 is 0. The van der Waals surface area contributed by atoms with Crippen molar-refractivity contribution in [1.82, 2.24) is 5.32 Å². The lowest BCUT2D eigenvalue weighted by atomic mass is 10.0. The van der Waals surface area contributed by atoms with Crippen LogP contribution in [0, 0.1) is 18.8 Å². The molecule has 0 radical (unpaired) electrons. The highest BCUT2D eigenvalue weighted by Crippen LogP contribution is 2.28. The molecule has 130 valence electrons. The van der Waals surface area contributed by atoms with E-state index in [-0.39, 0.29) is 17.7 Å². The van der Waals surface area contributed by atoms with Crippen molar-refractivity contribution >= 4 is 17.5 Å². The zero-order chi connectivity index (χ0) is 16.9. The maximum Gasteiger partial charge on any atom is 0.227 e. The molecule has 1 atom stereocenters. The molecular weight excluding hydrogens is 300 g/mol. The van der Waals surface area contributed by atoms with Crippen molar-refractivity contribution in [3.05, 3.63) is 29.8 Å². The van der Waals surface area contributed by atoms with Crippen LogP contribution in [-0.4, -0.2) is 24.9 Å². The molecule has 1 aliphatic heterocycles. The van der Waals surface area contributed by atoms with Crippen LogP contribution in [0.1, 0.15) is 50.5 Å². The van der Waals surface area contributed by atoms with Crippen LogP contribution in [0.2, 0.25) is 0 Å². The molecule has 24 heavy (non-hydrogen) atoms. The highest BCUT2D eigenvalue weighted by molar-refractivity contribution is 5.95. The first-order chi connectivity index (χ1) is 11.6. The molecule has 2 aliphatic rings. The standard InChI is InChI=1S/C20H28N2O2/c1-15-6-9-18(10-7-15)22-14-17(12-20(22)24)13-21-19(23)11-8-16-4-2-3-5-16/h6-7,9-10,16-17H,2-5,8,11-14H2,1H3,(H,21,23). The predicted octanol–water partition coefficient (Wildman–Crippen LogP) is 3.43. The number of carbonyl (C=O) groups is 2. The van der Waals surface area contributed by atoms with Crippen LogP contribution >= 0.6 is 0 Å². The first-order valence-electron chi connectivity index (χ1n) is 9.25. The fourth-order valence-corrected chi connectivity index (χ4v) is 3.87. The summed E-state index contributed by atoms with van der Waals surface area (Å²) in [5, 5.41) is 3.03. The third kappa shape index (κ3) is 4.37. The van der Waals surface area contributed by atoms with Gasteiger partial charge < -0.3 is 10.2 Å². The SMILES string of the molecule is Cc1ccc(N2CC(CNC(=O)CCC3CCCC3)CC2=O)cc1. The second kappa shape index (κ2) is 7.82. The number of nitrogens with zero attached hydrogens (tertiary/aromatic N) is 1. The normalized spacial score (nSPS) is 21.5. The third-order valence-electron chi connectivity index (χ3n) is 5.39. The summed E-state index contributed by atoms with van der Waals surface area (Å²) in [5.74, 6) is 1.27. The van der Waals surface area contributed by atoms with Gasteiger partial charge in [0.2, 0.25) is 11.8 Å². The molecule has 3 rings (SSSR count). The van der Waals surface area contributed by atoms with Crippen LogP contribution in [0.25, 0.3) is 0 Å². The van der Waals surface area contributed by atoms with Crippen LogP contribution in [0.5, 0.6) is 0 Å². The van der Waals surface area contributed by atoms with E-state index in [1.54, 1.807) is 0 Å². The molecule has 1 saturated heterocycles. The zero-order valence-corrected chi connectivity index (χ0v) is 14.6. The van der Waals surface area contributed by atoms with Gasteiger partial charge >= 0.3 is 0 Å². The molecule has 1 aliphatic carbocycles. The maximum atomic E-state index is 12.2. The number of carbonyl (C=O) groups excluding carboxylic acids is 2. The topological polar surface area (TPSA) is 49.4 Å². The Balaban J connectivity index is 1.42. The van der Waals surface area contributed by atoms with E-state index in [9.17, 15) is 9.59 Å². The van der Waals surface area contributed by atoms with Gasteiger partial charge in [0.15, 0.2) is 0 Å². The van der Waals surface area contributed by atoms with E-state index < -0.39 is 0 Å². The third-order valence-corrected chi connectivity index (χ3v) is 5.39. The Bertz CT molecular complexity index is 576. The van der Waals surface area contributed by atoms with Gasteiger partial charge in [-0.25, -0.2) is 0 Å². The fraction of sp³-hybridized carbons (Fsp3) is 0.600. The lowest BCUT2D eigenvalue weighted by molar-refractivity contribution is -0.122. The molecule has 2 amide bonds. The molecular formula is C20H28N2O2. The van der Waals surface area contributed by atoms with E-state index >= 15 is 0 Å². The minimum Gasteiger partial charge on any atom is -0.356 e. The molecule has 0 aromatic heterocycles. The summed E-state index contributed by atoms with van der Waals surface area (Å²) in [7, 11) is 0. The number of aryl methyl sites for hydroxylation is 1. The minimum absolute atomic E-state index is 0.142. The Morgan fingerprint density at radius 3 is 2.58 bits per heavy atom. The highest BCUT2D eigenvalue weighted by atomic mass is 16.2. The molecule has 1 aromatic rings. The molecule has 0 spiro atoms. The Hall–Kier alpha value is -1.84. The number of amides is 2. The lowest BCUT2D eigenvalue weighted by Crippen LogP contribution is -2.31. The van der Waals surface area contributed by atoms with Gasteiger partial charge in [0, 0.05) is 37.5 Å². The number of hydrogen-bond donors (Lipinski definition) is 1. The largest absolute Gasteiger partial charge is 0.356 e. The first kappa shape index (κ1) is 17.0. The molecule has 1 unspecified atom stereocenters. The number of nitrogens with one attached hydrogen (secondary N) is 1. The molecule has 4 nitrogen and oxygen atoms in total. The average molecular weight is 328 g/mol. The monoisotopic (exact) mass is 328 g/mol. The first-order valence-corrected chi connectivity index (χ1v) is 9.25. The van der Waals surface area contributed by atoms with Gasteiger partial charge in [0.25, 0.3) is 0 Å². The lowest BCUT2D eigenvalue weighted by Gasteiger charge is -2.17. The van der Waals surface area contributed by atoms with Gasteiger partial charge in [-0.3, -0.25) is 9.59 Å². The van der Waals surface area contributed by atoms with E-state index in [0.29, 0.717) is 25.9 Å². The van der Waals surface area contributed by atoms with E-state index in [2.05, 4.69) is 5.32 Å². The van der Waals surface area contributed by atoms with Crippen molar-refractivity contribution in [1.29, 1.82) is 0 Å². The fourth-order valence-electron chi connectivity index (χ4n) is 3.87. The van der Waals surface area contributed by atoms with Gasteiger partial charge in [-0.2, -0.15) is 0 Å². The van der Waals surface area contributed by atoms with Crippen LogP contribution in [-0.2, 0) is 9.59 Å². The summed E-state index contributed by atoms with van der Waals surface area (Å²) in [4.78, 5) is 26.1. The van der Waals surface area contributed by atoms with Crippen LogP contribution in [0.3, 0.4) is 0 Å². The van der Waals surface area contributed by atoms with Crippen molar-refractivity contribution in [2.24, 2.45) is 11.8 Å². The van der Waals surface area contributed by atoms with E-state index in [1.807, 2.05) is 36.1 Å². The molecule has 1 N–H and O–H groups in total. The summed E-state index contributed by atoms with van der Waals surface area (Å²) >= 11 is 0. The second-order valence-electron chi connectivity index (χ2n) is 7.40. The average Bonchev–Trinajstić information content (AvgIpc) is 3.21. The quantitative estimate of drug-likeness (QED) is 0.870.